The van der Waals surface area contributed by atoms with Crippen molar-refractivity contribution in [3.8, 4) is 0 Å². The second-order valence-electron chi connectivity index (χ2n) is 5.60. The van der Waals surface area contributed by atoms with Crippen molar-refractivity contribution in [1.29, 1.82) is 0 Å². The predicted octanol–water partition coefficient (Wildman–Crippen LogP) is 1.45. The second-order valence-corrected chi connectivity index (χ2v) is 7.37. The van der Waals surface area contributed by atoms with Crippen LogP contribution in [0.3, 0.4) is 0 Å². The van der Waals surface area contributed by atoms with Crippen LogP contribution >= 0.6 is 0 Å². The smallest absolute Gasteiger partial charge is 0.242 e. The van der Waals surface area contributed by atoms with Gasteiger partial charge in [-0.25, -0.2) is 13.1 Å². The first-order valence-corrected chi connectivity index (χ1v) is 7.54. The molecule has 0 spiro atoms. The molecule has 1 rings (SSSR count). The minimum Gasteiger partial charge on any atom is -0.363 e. The van der Waals surface area contributed by atoms with Gasteiger partial charge in [0, 0.05) is 25.0 Å². The summed E-state index contributed by atoms with van der Waals surface area (Å²) in [4.78, 5) is 3.23. The van der Waals surface area contributed by atoms with Gasteiger partial charge in [0.15, 0.2) is 0 Å². The van der Waals surface area contributed by atoms with E-state index in [-0.39, 0.29) is 5.41 Å². The van der Waals surface area contributed by atoms with Gasteiger partial charge in [-0.1, -0.05) is 20.8 Å². The molecule has 18 heavy (non-hydrogen) atoms. The van der Waals surface area contributed by atoms with Crippen LogP contribution in [0.2, 0.25) is 0 Å². The van der Waals surface area contributed by atoms with Crippen LogP contribution in [0.5, 0.6) is 0 Å². The molecule has 6 heteroatoms. The molecule has 0 amide bonds. The molecule has 0 bridgehead atoms. The number of nitrogens with one attached hydrogen (secondary N) is 3. The molecule has 1 heterocycles. The summed E-state index contributed by atoms with van der Waals surface area (Å²) >= 11 is 0. The number of hydrogen-bond acceptors (Lipinski definition) is 3. The highest BCUT2D eigenvalue weighted by atomic mass is 32.2. The Labute approximate surface area is 109 Å². The molecule has 0 unspecified atom stereocenters. The van der Waals surface area contributed by atoms with Crippen molar-refractivity contribution in [3.63, 3.8) is 0 Å². The Morgan fingerprint density at radius 2 is 2.00 bits per heavy atom. The van der Waals surface area contributed by atoms with Crippen LogP contribution in [-0.4, -0.2) is 27.0 Å². The maximum Gasteiger partial charge on any atom is 0.242 e. The zero-order valence-electron chi connectivity index (χ0n) is 11.5. The average molecular weight is 273 g/mol. The Kier molecular flexibility index (Phi) is 4.95. The lowest BCUT2D eigenvalue weighted by Gasteiger charge is -2.17. The van der Waals surface area contributed by atoms with Crippen LogP contribution in [0.1, 0.15) is 32.9 Å². The average Bonchev–Trinajstić information content (AvgIpc) is 2.65. The van der Waals surface area contributed by atoms with E-state index in [1.165, 1.54) is 6.20 Å². The molecule has 0 aliphatic heterocycles. The Hall–Kier alpha value is -0.850. The summed E-state index contributed by atoms with van der Waals surface area (Å²) in [6, 6.07) is 1.65. The summed E-state index contributed by atoms with van der Waals surface area (Å²) in [6.45, 7) is 7.34. The summed E-state index contributed by atoms with van der Waals surface area (Å²) in [5.74, 6) is 0. The lowest BCUT2D eigenvalue weighted by atomic mass is 9.93. The minimum absolute atomic E-state index is 0.123. The minimum atomic E-state index is -3.39. The Morgan fingerprint density at radius 3 is 2.56 bits per heavy atom. The van der Waals surface area contributed by atoms with E-state index in [1.807, 2.05) is 7.05 Å². The lowest BCUT2D eigenvalue weighted by Crippen LogP contribution is -2.27. The fraction of sp³-hybridized carbons (Fsp3) is 0.667. The normalized spacial score (nSPS) is 12.9. The van der Waals surface area contributed by atoms with E-state index in [0.717, 1.165) is 12.1 Å². The number of aromatic nitrogens is 1. The molecular formula is C12H23N3O2S. The fourth-order valence-electron chi connectivity index (χ4n) is 1.51. The van der Waals surface area contributed by atoms with Crippen LogP contribution in [0.15, 0.2) is 17.2 Å². The number of sulfonamides is 1. The number of hydrogen-bond donors (Lipinski definition) is 3. The molecule has 0 aliphatic rings. The van der Waals surface area contributed by atoms with Gasteiger partial charge < -0.3 is 10.3 Å². The molecule has 104 valence electrons. The van der Waals surface area contributed by atoms with Crippen molar-refractivity contribution in [2.24, 2.45) is 5.41 Å². The van der Waals surface area contributed by atoms with Crippen LogP contribution in [0.4, 0.5) is 0 Å². The molecule has 0 radical (unpaired) electrons. The summed E-state index contributed by atoms with van der Waals surface area (Å²) in [5, 5.41) is 2.97. The molecule has 0 fully saturated rings. The lowest BCUT2D eigenvalue weighted by molar-refractivity contribution is 0.378. The third-order valence-corrected chi connectivity index (χ3v) is 4.00. The van der Waals surface area contributed by atoms with Crippen molar-refractivity contribution >= 4 is 10.0 Å². The summed E-state index contributed by atoms with van der Waals surface area (Å²) in [5.41, 5.74) is 0.978. The molecule has 1 aromatic heterocycles. The van der Waals surface area contributed by atoms with Gasteiger partial charge in [-0.05, 0) is 24.9 Å². The SMILES string of the molecule is CNCc1cc(S(=O)(=O)NCCC(C)(C)C)c[nH]1. The van der Waals surface area contributed by atoms with E-state index in [9.17, 15) is 8.42 Å². The molecule has 3 N–H and O–H groups in total. The molecule has 0 atom stereocenters. The van der Waals surface area contributed by atoms with E-state index in [4.69, 9.17) is 0 Å². The fourth-order valence-corrected chi connectivity index (χ4v) is 2.56. The predicted molar refractivity (Wildman–Crippen MR) is 72.8 cm³/mol. The second kappa shape index (κ2) is 5.86. The van der Waals surface area contributed by atoms with Gasteiger partial charge in [0.2, 0.25) is 10.0 Å². The third-order valence-electron chi connectivity index (χ3n) is 2.56. The summed E-state index contributed by atoms with van der Waals surface area (Å²) in [7, 11) is -1.57. The molecule has 0 aliphatic carbocycles. The molecular weight excluding hydrogens is 250 g/mol. The van der Waals surface area contributed by atoms with Crippen molar-refractivity contribution in [2.75, 3.05) is 13.6 Å². The zero-order valence-corrected chi connectivity index (χ0v) is 12.3. The highest BCUT2D eigenvalue weighted by Crippen LogP contribution is 2.18. The molecule has 0 saturated heterocycles. The molecule has 5 nitrogen and oxygen atoms in total. The standard InChI is InChI=1S/C12H23N3O2S/c1-12(2,3)5-6-15-18(16,17)11-7-10(8-13-4)14-9-11/h7,9,13-15H,5-6,8H2,1-4H3. The van der Waals surface area contributed by atoms with Crippen LogP contribution in [0.25, 0.3) is 0 Å². The summed E-state index contributed by atoms with van der Waals surface area (Å²) < 4.78 is 26.6. The van der Waals surface area contributed by atoms with Gasteiger partial charge in [-0.3, -0.25) is 0 Å². The van der Waals surface area contributed by atoms with E-state index >= 15 is 0 Å². The van der Waals surface area contributed by atoms with Gasteiger partial charge in [0.05, 0.1) is 4.90 Å². The van der Waals surface area contributed by atoms with Gasteiger partial charge >= 0.3 is 0 Å². The molecule has 1 aromatic rings. The maximum absolute atomic E-state index is 12.0. The van der Waals surface area contributed by atoms with E-state index in [1.54, 1.807) is 6.07 Å². The van der Waals surface area contributed by atoms with Gasteiger partial charge in [0.1, 0.15) is 0 Å². The van der Waals surface area contributed by atoms with Gasteiger partial charge in [-0.2, -0.15) is 0 Å². The Bertz CT molecular complexity index is 472. The van der Waals surface area contributed by atoms with Crippen molar-refractivity contribution in [3.05, 3.63) is 18.0 Å². The number of aromatic amines is 1. The Balaban J connectivity index is 2.62. The quantitative estimate of drug-likeness (QED) is 0.734. The molecule has 0 aromatic carbocycles. The van der Waals surface area contributed by atoms with Crippen molar-refractivity contribution in [2.45, 2.75) is 38.6 Å². The first-order valence-electron chi connectivity index (χ1n) is 6.06. The van der Waals surface area contributed by atoms with Gasteiger partial charge in [-0.15, -0.1) is 0 Å². The van der Waals surface area contributed by atoms with Crippen LogP contribution < -0.4 is 10.0 Å². The third kappa shape index (κ3) is 4.80. The number of rotatable bonds is 6. The first kappa shape index (κ1) is 15.2. The van der Waals surface area contributed by atoms with Crippen LogP contribution in [-0.2, 0) is 16.6 Å². The topological polar surface area (TPSA) is 74.0 Å². The highest BCUT2D eigenvalue weighted by Gasteiger charge is 2.17. The number of H-pyrrole nitrogens is 1. The van der Waals surface area contributed by atoms with Crippen molar-refractivity contribution < 1.29 is 8.42 Å². The summed E-state index contributed by atoms with van der Waals surface area (Å²) in [6.07, 6.45) is 2.33. The Morgan fingerprint density at radius 1 is 1.33 bits per heavy atom. The monoisotopic (exact) mass is 273 g/mol. The van der Waals surface area contributed by atoms with E-state index in [2.05, 4.69) is 35.8 Å². The first-order chi connectivity index (χ1) is 8.24. The molecule has 0 saturated carbocycles. The van der Waals surface area contributed by atoms with Crippen LogP contribution in [0, 0.1) is 5.41 Å². The van der Waals surface area contributed by atoms with Gasteiger partial charge in [0.25, 0.3) is 0 Å². The highest BCUT2D eigenvalue weighted by molar-refractivity contribution is 7.89. The zero-order chi connectivity index (χ0) is 13.8. The maximum atomic E-state index is 12.0. The van der Waals surface area contributed by atoms with Crippen molar-refractivity contribution in [1.82, 2.24) is 15.0 Å². The largest absolute Gasteiger partial charge is 0.363 e. The van der Waals surface area contributed by atoms with E-state index in [0.29, 0.717) is 18.0 Å². The van der Waals surface area contributed by atoms with E-state index < -0.39 is 10.0 Å².